The van der Waals surface area contributed by atoms with Crippen molar-refractivity contribution in [2.45, 2.75) is 25.7 Å². The number of methoxy groups -OCH3 is 1. The summed E-state index contributed by atoms with van der Waals surface area (Å²) in [4.78, 5) is 29.8. The molecule has 2 aromatic rings. The minimum atomic E-state index is 0.0451. The first-order valence-electron chi connectivity index (χ1n) is 8.55. The lowest BCUT2D eigenvalue weighted by molar-refractivity contribution is -0.117. The third-order valence-corrected chi connectivity index (χ3v) is 4.58. The smallest absolute Gasteiger partial charge is 0.246 e. The first-order chi connectivity index (χ1) is 12.1. The van der Waals surface area contributed by atoms with E-state index in [4.69, 9.17) is 9.72 Å². The van der Waals surface area contributed by atoms with Crippen molar-refractivity contribution < 1.29 is 9.53 Å². The number of anilines is 2. The standard InChI is InChI=1S/C18H21N5O2/c1-12-9-15(21-18(20-12)13-3-4-13)22-7-8-23(17(24)11-22)14-5-6-19-16(10-14)25-2/h5-6,9-10,13H,3-4,7-8,11H2,1-2H3. The highest BCUT2D eigenvalue weighted by Crippen LogP contribution is 2.38. The SMILES string of the molecule is COc1cc(N2CCN(c3cc(C)nc(C4CC4)n3)CC2=O)ccn1. The topological polar surface area (TPSA) is 71.5 Å². The molecule has 2 aromatic heterocycles. The van der Waals surface area contributed by atoms with Gasteiger partial charge in [0.1, 0.15) is 11.6 Å². The van der Waals surface area contributed by atoms with Crippen LogP contribution in [0.3, 0.4) is 0 Å². The summed E-state index contributed by atoms with van der Waals surface area (Å²) in [5.41, 5.74) is 1.77. The second-order valence-electron chi connectivity index (χ2n) is 6.52. The van der Waals surface area contributed by atoms with Gasteiger partial charge in [-0.3, -0.25) is 4.79 Å². The average molecular weight is 339 g/mol. The Morgan fingerprint density at radius 3 is 2.76 bits per heavy atom. The van der Waals surface area contributed by atoms with E-state index in [0.29, 0.717) is 24.9 Å². The molecule has 0 unspecified atom stereocenters. The Labute approximate surface area is 146 Å². The van der Waals surface area contributed by atoms with E-state index in [-0.39, 0.29) is 5.91 Å². The fourth-order valence-electron chi connectivity index (χ4n) is 3.08. The maximum Gasteiger partial charge on any atom is 0.246 e. The average Bonchev–Trinajstić information content (AvgIpc) is 3.46. The quantitative estimate of drug-likeness (QED) is 0.847. The van der Waals surface area contributed by atoms with Gasteiger partial charge in [0, 0.05) is 43.0 Å². The van der Waals surface area contributed by atoms with E-state index in [2.05, 4.69) is 9.97 Å². The highest BCUT2D eigenvalue weighted by molar-refractivity contribution is 5.97. The molecule has 1 saturated carbocycles. The van der Waals surface area contributed by atoms with Crippen LogP contribution in [0.5, 0.6) is 5.88 Å². The second kappa shape index (κ2) is 6.31. The number of carbonyl (C=O) groups excluding carboxylic acids is 1. The Morgan fingerprint density at radius 2 is 2.04 bits per heavy atom. The number of carbonyl (C=O) groups is 1. The van der Waals surface area contributed by atoms with Crippen molar-refractivity contribution in [2.24, 2.45) is 0 Å². The Kier molecular flexibility index (Phi) is 3.99. The fourth-order valence-corrected chi connectivity index (χ4v) is 3.08. The molecular formula is C18H21N5O2. The number of nitrogens with zero attached hydrogens (tertiary/aromatic N) is 5. The summed E-state index contributed by atoms with van der Waals surface area (Å²) in [6.07, 6.45) is 3.99. The molecule has 7 nitrogen and oxygen atoms in total. The van der Waals surface area contributed by atoms with E-state index in [1.807, 2.05) is 24.0 Å². The van der Waals surface area contributed by atoms with Crippen LogP contribution in [-0.2, 0) is 4.79 Å². The van der Waals surface area contributed by atoms with Crippen LogP contribution in [0.15, 0.2) is 24.4 Å². The predicted molar refractivity (Wildman–Crippen MR) is 94.1 cm³/mol. The maximum atomic E-state index is 12.7. The van der Waals surface area contributed by atoms with Crippen LogP contribution in [0.4, 0.5) is 11.5 Å². The molecule has 1 aliphatic heterocycles. The first-order valence-corrected chi connectivity index (χ1v) is 8.55. The number of aromatic nitrogens is 3. The zero-order valence-corrected chi connectivity index (χ0v) is 14.5. The lowest BCUT2D eigenvalue weighted by Gasteiger charge is -2.35. The van der Waals surface area contributed by atoms with E-state index >= 15 is 0 Å². The van der Waals surface area contributed by atoms with Gasteiger partial charge in [-0.25, -0.2) is 15.0 Å². The van der Waals surface area contributed by atoms with Crippen LogP contribution in [-0.4, -0.2) is 47.6 Å². The lowest BCUT2D eigenvalue weighted by atomic mass is 10.2. The number of aryl methyl sites for hydroxylation is 1. The monoisotopic (exact) mass is 339 g/mol. The van der Waals surface area contributed by atoms with Crippen molar-refractivity contribution in [3.05, 3.63) is 35.9 Å². The molecule has 0 radical (unpaired) electrons. The van der Waals surface area contributed by atoms with Gasteiger partial charge in [0.15, 0.2) is 0 Å². The molecule has 0 bridgehead atoms. The van der Waals surface area contributed by atoms with E-state index in [1.165, 1.54) is 12.8 Å². The van der Waals surface area contributed by atoms with Gasteiger partial charge in [0.2, 0.25) is 11.8 Å². The van der Waals surface area contributed by atoms with Crippen molar-refractivity contribution in [3.8, 4) is 5.88 Å². The van der Waals surface area contributed by atoms with Crippen LogP contribution in [0.1, 0.15) is 30.3 Å². The summed E-state index contributed by atoms with van der Waals surface area (Å²) in [6.45, 7) is 3.63. The third kappa shape index (κ3) is 3.26. The molecule has 7 heteroatoms. The first kappa shape index (κ1) is 15.8. The number of hydrogen-bond donors (Lipinski definition) is 0. The zero-order valence-electron chi connectivity index (χ0n) is 14.5. The Balaban J connectivity index is 1.52. The minimum Gasteiger partial charge on any atom is -0.481 e. The normalized spacial score (nSPS) is 17.8. The zero-order chi connectivity index (χ0) is 17.4. The number of ether oxygens (including phenoxy) is 1. The van der Waals surface area contributed by atoms with Gasteiger partial charge in [-0.2, -0.15) is 0 Å². The van der Waals surface area contributed by atoms with Gasteiger partial charge >= 0.3 is 0 Å². The van der Waals surface area contributed by atoms with Crippen LogP contribution in [0, 0.1) is 6.92 Å². The van der Waals surface area contributed by atoms with Crippen molar-refractivity contribution in [1.29, 1.82) is 0 Å². The van der Waals surface area contributed by atoms with Gasteiger partial charge in [-0.15, -0.1) is 0 Å². The molecule has 0 N–H and O–H groups in total. The summed E-state index contributed by atoms with van der Waals surface area (Å²) >= 11 is 0. The van der Waals surface area contributed by atoms with Crippen LogP contribution in [0.2, 0.25) is 0 Å². The predicted octanol–water partition coefficient (Wildman–Crippen LogP) is 1.92. The summed E-state index contributed by atoms with van der Waals surface area (Å²) in [6, 6.07) is 5.58. The molecule has 4 rings (SSSR count). The lowest BCUT2D eigenvalue weighted by Crippen LogP contribution is -2.51. The highest BCUT2D eigenvalue weighted by atomic mass is 16.5. The van der Waals surface area contributed by atoms with Crippen LogP contribution >= 0.6 is 0 Å². The van der Waals surface area contributed by atoms with Gasteiger partial charge in [0.05, 0.1) is 19.3 Å². The molecule has 0 aromatic carbocycles. The van der Waals surface area contributed by atoms with Crippen molar-refractivity contribution in [1.82, 2.24) is 15.0 Å². The molecule has 0 atom stereocenters. The van der Waals surface area contributed by atoms with Gasteiger partial charge in [-0.1, -0.05) is 0 Å². The van der Waals surface area contributed by atoms with Crippen LogP contribution in [0.25, 0.3) is 0 Å². The molecule has 1 aliphatic carbocycles. The largest absolute Gasteiger partial charge is 0.481 e. The molecule has 2 aliphatic rings. The molecule has 25 heavy (non-hydrogen) atoms. The van der Waals surface area contributed by atoms with E-state index in [9.17, 15) is 4.79 Å². The number of rotatable bonds is 4. The fraction of sp³-hybridized carbons (Fsp3) is 0.444. The summed E-state index contributed by atoms with van der Waals surface area (Å²) in [5, 5.41) is 0. The summed E-state index contributed by atoms with van der Waals surface area (Å²) in [7, 11) is 1.57. The van der Waals surface area contributed by atoms with E-state index < -0.39 is 0 Å². The maximum absolute atomic E-state index is 12.7. The number of hydrogen-bond acceptors (Lipinski definition) is 6. The van der Waals surface area contributed by atoms with E-state index in [0.717, 1.165) is 29.6 Å². The van der Waals surface area contributed by atoms with E-state index in [1.54, 1.807) is 24.3 Å². The van der Waals surface area contributed by atoms with Gasteiger partial charge in [-0.05, 0) is 25.8 Å². The summed E-state index contributed by atoms with van der Waals surface area (Å²) in [5.74, 6) is 2.83. The minimum absolute atomic E-state index is 0.0451. The van der Waals surface area contributed by atoms with Crippen molar-refractivity contribution >= 4 is 17.4 Å². The van der Waals surface area contributed by atoms with Gasteiger partial charge in [0.25, 0.3) is 0 Å². The van der Waals surface area contributed by atoms with Crippen LogP contribution < -0.4 is 14.5 Å². The Bertz CT molecular complexity index is 806. The molecule has 1 amide bonds. The molecule has 3 heterocycles. The number of pyridine rings is 1. The highest BCUT2D eigenvalue weighted by Gasteiger charge is 2.30. The molecule has 1 saturated heterocycles. The van der Waals surface area contributed by atoms with Gasteiger partial charge < -0.3 is 14.5 Å². The van der Waals surface area contributed by atoms with Crippen molar-refractivity contribution in [2.75, 3.05) is 36.5 Å². The molecular weight excluding hydrogens is 318 g/mol. The second-order valence-corrected chi connectivity index (χ2v) is 6.52. The van der Waals surface area contributed by atoms with Crippen molar-refractivity contribution in [3.63, 3.8) is 0 Å². The Hall–Kier alpha value is -2.70. The molecule has 0 spiro atoms. The molecule has 130 valence electrons. The molecule has 2 fully saturated rings. The number of piperazine rings is 1. The Morgan fingerprint density at radius 1 is 1.20 bits per heavy atom. The number of amides is 1. The summed E-state index contributed by atoms with van der Waals surface area (Å²) < 4.78 is 5.15. The third-order valence-electron chi connectivity index (χ3n) is 4.58.